The molecule has 0 saturated heterocycles. The lowest BCUT2D eigenvalue weighted by molar-refractivity contribution is 0.171. The molecule has 0 aliphatic rings. The van der Waals surface area contributed by atoms with E-state index in [1.165, 1.54) is 0 Å². The highest BCUT2D eigenvalue weighted by Gasteiger charge is 2.05. The van der Waals surface area contributed by atoms with Gasteiger partial charge in [0, 0.05) is 6.54 Å². The highest BCUT2D eigenvalue weighted by atomic mass is 16.7. The number of nitrogens with zero attached hydrogens (tertiary/aromatic N) is 2. The zero-order chi connectivity index (χ0) is 10.6. The number of hydrogen-bond acceptors (Lipinski definition) is 4. The van der Waals surface area contributed by atoms with Crippen LogP contribution in [-0.4, -0.2) is 13.7 Å². The third-order valence-corrected chi connectivity index (χ3v) is 1.95. The highest BCUT2D eigenvalue weighted by Crippen LogP contribution is 2.20. The van der Waals surface area contributed by atoms with Crippen molar-refractivity contribution in [1.82, 2.24) is 0 Å². The number of hydrogen-bond donors (Lipinski definition) is 1. The average Bonchev–Trinajstić information content (AvgIpc) is 2.20. The Balaban J connectivity index is 3.02. The van der Waals surface area contributed by atoms with Crippen LogP contribution in [0.3, 0.4) is 0 Å². The Labute approximate surface area is 83.5 Å². The van der Waals surface area contributed by atoms with Crippen molar-refractivity contribution in [1.29, 1.82) is 5.26 Å². The molecule has 2 N–H and O–H groups in total. The summed E-state index contributed by atoms with van der Waals surface area (Å²) in [6.45, 7) is 2.69. The molecule has 0 unspecified atom stereocenters. The fourth-order valence-electron chi connectivity index (χ4n) is 1.22. The van der Waals surface area contributed by atoms with Gasteiger partial charge in [0.25, 0.3) is 0 Å². The topological polar surface area (TPSA) is 62.3 Å². The van der Waals surface area contributed by atoms with Crippen LogP contribution in [0.1, 0.15) is 12.5 Å². The van der Waals surface area contributed by atoms with Crippen LogP contribution in [0.2, 0.25) is 0 Å². The Bertz CT molecular complexity index is 353. The van der Waals surface area contributed by atoms with Crippen LogP contribution in [0.25, 0.3) is 0 Å². The minimum Gasteiger partial charge on any atom is -0.398 e. The standard InChI is InChI=1S/C10H13N3O/c1-3-13(14-2)9-5-4-8(7-11)10(12)6-9/h4-6H,3,12H2,1-2H3. The van der Waals surface area contributed by atoms with E-state index in [0.29, 0.717) is 11.3 Å². The minimum absolute atomic E-state index is 0.473. The van der Waals surface area contributed by atoms with Crippen LogP contribution < -0.4 is 10.8 Å². The van der Waals surface area contributed by atoms with Gasteiger partial charge in [0.2, 0.25) is 0 Å². The van der Waals surface area contributed by atoms with Crippen molar-refractivity contribution in [2.75, 3.05) is 24.5 Å². The number of hydroxylamine groups is 1. The monoisotopic (exact) mass is 191 g/mol. The summed E-state index contributed by atoms with van der Waals surface area (Å²) in [7, 11) is 1.60. The van der Waals surface area contributed by atoms with E-state index in [9.17, 15) is 0 Å². The summed E-state index contributed by atoms with van der Waals surface area (Å²) >= 11 is 0. The van der Waals surface area contributed by atoms with Gasteiger partial charge >= 0.3 is 0 Å². The molecule has 4 heteroatoms. The zero-order valence-electron chi connectivity index (χ0n) is 8.32. The molecule has 1 aromatic rings. The van der Waals surface area contributed by atoms with E-state index >= 15 is 0 Å². The lowest BCUT2D eigenvalue weighted by atomic mass is 10.2. The van der Waals surface area contributed by atoms with Gasteiger partial charge in [-0.1, -0.05) is 0 Å². The van der Waals surface area contributed by atoms with Crippen molar-refractivity contribution >= 4 is 11.4 Å². The Morgan fingerprint density at radius 2 is 2.29 bits per heavy atom. The van der Waals surface area contributed by atoms with Gasteiger partial charge in [-0.25, -0.2) is 0 Å². The van der Waals surface area contributed by atoms with E-state index in [2.05, 4.69) is 0 Å². The Hall–Kier alpha value is -1.73. The van der Waals surface area contributed by atoms with Crippen LogP contribution in [0.5, 0.6) is 0 Å². The van der Waals surface area contributed by atoms with Gasteiger partial charge in [-0.2, -0.15) is 5.26 Å². The number of nitrogen functional groups attached to an aromatic ring is 1. The summed E-state index contributed by atoms with van der Waals surface area (Å²) in [5, 5.41) is 10.4. The molecule has 0 amide bonds. The first-order chi connectivity index (χ1) is 6.72. The van der Waals surface area contributed by atoms with Crippen LogP contribution in [0.4, 0.5) is 11.4 Å². The molecule has 4 nitrogen and oxygen atoms in total. The number of nitrogens with two attached hydrogens (primary N) is 1. The first-order valence-electron chi connectivity index (χ1n) is 4.34. The van der Waals surface area contributed by atoms with Gasteiger partial charge in [-0.3, -0.25) is 9.90 Å². The normalized spacial score (nSPS) is 9.50. The maximum Gasteiger partial charge on any atom is 0.101 e. The molecular weight excluding hydrogens is 178 g/mol. The van der Waals surface area contributed by atoms with Crippen molar-refractivity contribution in [2.45, 2.75) is 6.92 Å². The molecule has 74 valence electrons. The number of anilines is 2. The third kappa shape index (κ3) is 1.95. The minimum atomic E-state index is 0.473. The van der Waals surface area contributed by atoms with Crippen molar-refractivity contribution in [3.8, 4) is 6.07 Å². The van der Waals surface area contributed by atoms with Crippen LogP contribution in [-0.2, 0) is 4.84 Å². The van der Waals surface area contributed by atoms with E-state index in [-0.39, 0.29) is 0 Å². The van der Waals surface area contributed by atoms with Gasteiger partial charge in [-0.05, 0) is 25.1 Å². The maximum atomic E-state index is 8.69. The van der Waals surface area contributed by atoms with E-state index in [1.54, 1.807) is 24.3 Å². The zero-order valence-corrected chi connectivity index (χ0v) is 8.32. The molecule has 0 saturated carbocycles. The Morgan fingerprint density at radius 3 is 2.71 bits per heavy atom. The molecule has 0 aliphatic heterocycles. The smallest absolute Gasteiger partial charge is 0.101 e. The molecule has 1 rings (SSSR count). The second-order valence-corrected chi connectivity index (χ2v) is 2.76. The van der Waals surface area contributed by atoms with Crippen molar-refractivity contribution < 1.29 is 4.84 Å². The van der Waals surface area contributed by atoms with Gasteiger partial charge in [-0.15, -0.1) is 0 Å². The van der Waals surface area contributed by atoms with Crippen molar-refractivity contribution in [3.63, 3.8) is 0 Å². The largest absolute Gasteiger partial charge is 0.398 e. The quantitative estimate of drug-likeness (QED) is 0.581. The average molecular weight is 191 g/mol. The molecule has 0 fully saturated rings. The molecule has 0 bridgehead atoms. The van der Waals surface area contributed by atoms with E-state index < -0.39 is 0 Å². The molecule has 0 aromatic heterocycles. The van der Waals surface area contributed by atoms with Gasteiger partial charge in [0.05, 0.1) is 24.0 Å². The second-order valence-electron chi connectivity index (χ2n) is 2.76. The summed E-state index contributed by atoms with van der Waals surface area (Å²) in [5.41, 5.74) is 7.49. The fourth-order valence-corrected chi connectivity index (χ4v) is 1.22. The summed E-state index contributed by atoms with van der Waals surface area (Å²) in [6.07, 6.45) is 0. The molecule has 14 heavy (non-hydrogen) atoms. The van der Waals surface area contributed by atoms with E-state index in [0.717, 1.165) is 12.2 Å². The van der Waals surface area contributed by atoms with Gasteiger partial charge < -0.3 is 5.73 Å². The summed E-state index contributed by atoms with van der Waals surface area (Å²) in [4.78, 5) is 5.11. The van der Waals surface area contributed by atoms with Crippen molar-refractivity contribution in [3.05, 3.63) is 23.8 Å². The molecular formula is C10H13N3O. The first kappa shape index (κ1) is 10.4. The third-order valence-electron chi connectivity index (χ3n) is 1.95. The van der Waals surface area contributed by atoms with Gasteiger partial charge in [0.1, 0.15) is 6.07 Å². The molecule has 0 heterocycles. The number of benzene rings is 1. The van der Waals surface area contributed by atoms with Crippen molar-refractivity contribution in [2.24, 2.45) is 0 Å². The lowest BCUT2D eigenvalue weighted by Crippen LogP contribution is -2.20. The van der Waals surface area contributed by atoms with Gasteiger partial charge in [0.15, 0.2) is 0 Å². The predicted octanol–water partition coefficient (Wildman–Crippen LogP) is 1.53. The summed E-state index contributed by atoms with van der Waals surface area (Å²) in [6, 6.07) is 7.24. The second kappa shape index (κ2) is 4.49. The Kier molecular flexibility index (Phi) is 3.32. The molecule has 0 aliphatic carbocycles. The first-order valence-corrected chi connectivity index (χ1v) is 4.34. The van der Waals surface area contributed by atoms with Crippen LogP contribution in [0.15, 0.2) is 18.2 Å². The van der Waals surface area contributed by atoms with Crippen LogP contribution >= 0.6 is 0 Å². The molecule has 0 atom stereocenters. The fraction of sp³-hybridized carbons (Fsp3) is 0.300. The summed E-state index contributed by atoms with van der Waals surface area (Å²) in [5.74, 6) is 0. The molecule has 0 spiro atoms. The molecule has 0 radical (unpaired) electrons. The lowest BCUT2D eigenvalue weighted by Gasteiger charge is -2.20. The number of rotatable bonds is 3. The van der Waals surface area contributed by atoms with Crippen LogP contribution in [0, 0.1) is 11.3 Å². The van der Waals surface area contributed by atoms with E-state index in [4.69, 9.17) is 15.8 Å². The predicted molar refractivity (Wildman–Crippen MR) is 55.6 cm³/mol. The summed E-state index contributed by atoms with van der Waals surface area (Å²) < 4.78 is 0. The molecule has 1 aromatic carbocycles. The maximum absolute atomic E-state index is 8.69. The number of nitriles is 1. The van der Waals surface area contributed by atoms with E-state index in [1.807, 2.05) is 19.1 Å². The Morgan fingerprint density at radius 1 is 1.57 bits per heavy atom. The highest BCUT2D eigenvalue weighted by molar-refractivity contribution is 5.62. The SMILES string of the molecule is CCN(OC)c1ccc(C#N)c(N)c1.